The molecule has 0 aromatic rings. The number of hydrogen-bond donors (Lipinski definition) is 0. The predicted octanol–water partition coefficient (Wildman–Crippen LogP) is 2.19. The van der Waals surface area contributed by atoms with Crippen LogP contribution in [0.5, 0.6) is 5.95 Å². The first-order chi connectivity index (χ1) is 5.40. The molecule has 1 heterocycles. The van der Waals surface area contributed by atoms with Crippen LogP contribution in [0.1, 0.15) is 0 Å². The Bertz CT molecular complexity index is 324. The molecule has 2 heteroatoms. The molecule has 0 N–H and O–H groups in total. The minimum absolute atomic E-state index is 0.525. The number of ether oxygens (including phenoxy) is 1. The van der Waals surface area contributed by atoms with Crippen molar-refractivity contribution in [3.8, 4) is 17.1 Å². The van der Waals surface area contributed by atoms with Crippen molar-refractivity contribution in [2.45, 2.75) is 0 Å². The quantitative estimate of drug-likeness (QED) is 0.616. The molecular weight excluding hydrogens is 140 g/mol. The van der Waals surface area contributed by atoms with Crippen molar-refractivity contribution >= 4 is 0 Å². The average molecular weight is 147 g/mol. The van der Waals surface area contributed by atoms with Crippen LogP contribution in [-0.4, -0.2) is 7.11 Å². The fourth-order valence-corrected chi connectivity index (χ4v) is 1.01. The Kier molecular flexibility index (Phi) is 1.32. The molecule has 55 valence electrons. The topological polar surface area (TPSA) is 22.4 Å². The fraction of sp³-hybridized carbons (Fsp3) is 0.111. The number of rotatable bonds is 1. The van der Waals surface area contributed by atoms with Crippen LogP contribution >= 0.6 is 0 Å². The van der Waals surface area contributed by atoms with Crippen LogP contribution in [0.15, 0.2) is 28.9 Å². The molecule has 2 aliphatic rings. The van der Waals surface area contributed by atoms with Gasteiger partial charge in [-0.2, -0.15) is 0 Å². The summed E-state index contributed by atoms with van der Waals surface area (Å²) in [4.78, 5) is 0. The molecule has 0 bridgehead atoms. The van der Waals surface area contributed by atoms with E-state index in [9.17, 15) is 0 Å². The van der Waals surface area contributed by atoms with Gasteiger partial charge in [-0.3, -0.25) is 0 Å². The fourth-order valence-electron chi connectivity index (χ4n) is 1.01. The zero-order chi connectivity index (χ0) is 7.68. The maximum atomic E-state index is 5.09. The van der Waals surface area contributed by atoms with Crippen molar-refractivity contribution in [2.75, 3.05) is 7.11 Å². The minimum Gasteiger partial charge on any atom is -0.468 e. The van der Waals surface area contributed by atoms with Gasteiger partial charge in [-0.1, -0.05) is 12.1 Å². The summed E-state index contributed by atoms with van der Waals surface area (Å²) in [5.41, 5.74) is 2.07. The highest BCUT2D eigenvalue weighted by molar-refractivity contribution is 5.64. The summed E-state index contributed by atoms with van der Waals surface area (Å²) in [5, 5.41) is 0. The highest BCUT2D eigenvalue weighted by Gasteiger charge is 2.04. The lowest BCUT2D eigenvalue weighted by molar-refractivity contribution is 0.297. The number of methoxy groups -OCH3 is 1. The van der Waals surface area contributed by atoms with E-state index in [1.54, 1.807) is 13.4 Å². The van der Waals surface area contributed by atoms with Gasteiger partial charge in [-0.25, -0.2) is 0 Å². The molecule has 0 aromatic carbocycles. The monoisotopic (exact) mass is 147 g/mol. The molecule has 0 unspecified atom stereocenters. The molecule has 0 saturated heterocycles. The van der Waals surface area contributed by atoms with Crippen LogP contribution in [-0.2, 0) is 0 Å². The third-order valence-electron chi connectivity index (χ3n) is 1.58. The van der Waals surface area contributed by atoms with E-state index in [4.69, 9.17) is 9.15 Å². The average Bonchev–Trinajstić information content (AvgIpc) is 2.50. The third kappa shape index (κ3) is 0.963. The molecule has 11 heavy (non-hydrogen) atoms. The molecule has 2 rings (SSSR count). The summed E-state index contributed by atoms with van der Waals surface area (Å²) in [7, 11) is 1.58. The molecule has 0 aromatic heterocycles. The molecule has 0 fully saturated rings. The lowest BCUT2D eigenvalue weighted by Crippen LogP contribution is -1.82. The van der Waals surface area contributed by atoms with E-state index in [0.717, 1.165) is 11.1 Å². The SMILES string of the molecule is COc1cc2cc[c]c-2co1. The molecule has 0 amide bonds. The highest BCUT2D eigenvalue weighted by atomic mass is 16.6. The van der Waals surface area contributed by atoms with Gasteiger partial charge in [-0.05, 0) is 11.6 Å². The summed E-state index contributed by atoms with van der Waals surface area (Å²) in [5.74, 6) is 0.525. The van der Waals surface area contributed by atoms with Gasteiger partial charge in [0, 0.05) is 11.6 Å². The summed E-state index contributed by atoms with van der Waals surface area (Å²) < 4.78 is 10.0. The van der Waals surface area contributed by atoms with Crippen LogP contribution in [0.2, 0.25) is 0 Å². The van der Waals surface area contributed by atoms with Gasteiger partial charge in [0.2, 0.25) is 0 Å². The molecule has 2 nitrogen and oxygen atoms in total. The van der Waals surface area contributed by atoms with Crippen LogP contribution < -0.4 is 4.74 Å². The van der Waals surface area contributed by atoms with Gasteiger partial charge < -0.3 is 9.15 Å². The largest absolute Gasteiger partial charge is 0.468 e. The first kappa shape index (κ1) is 6.28. The van der Waals surface area contributed by atoms with E-state index in [2.05, 4.69) is 6.07 Å². The van der Waals surface area contributed by atoms with Crippen molar-refractivity contribution in [1.29, 1.82) is 0 Å². The molecule has 1 radical (unpaired) electrons. The second kappa shape index (κ2) is 2.31. The van der Waals surface area contributed by atoms with Crippen molar-refractivity contribution < 1.29 is 9.15 Å². The Morgan fingerprint density at radius 3 is 3.27 bits per heavy atom. The van der Waals surface area contributed by atoms with Crippen molar-refractivity contribution in [2.24, 2.45) is 0 Å². The number of fused-ring (bicyclic) bond motifs is 1. The van der Waals surface area contributed by atoms with Gasteiger partial charge in [-0.15, -0.1) is 0 Å². The Morgan fingerprint density at radius 2 is 2.45 bits per heavy atom. The maximum Gasteiger partial charge on any atom is 0.284 e. The molecule has 0 atom stereocenters. The molecule has 1 aliphatic heterocycles. The van der Waals surface area contributed by atoms with Crippen molar-refractivity contribution in [3.05, 3.63) is 30.5 Å². The minimum atomic E-state index is 0.525. The second-order valence-corrected chi connectivity index (χ2v) is 2.25. The highest BCUT2D eigenvalue weighted by Crippen LogP contribution is 2.26. The van der Waals surface area contributed by atoms with E-state index >= 15 is 0 Å². The Labute approximate surface area is 64.7 Å². The first-order valence-corrected chi connectivity index (χ1v) is 3.33. The smallest absolute Gasteiger partial charge is 0.284 e. The van der Waals surface area contributed by atoms with Gasteiger partial charge in [0.05, 0.1) is 7.11 Å². The zero-order valence-corrected chi connectivity index (χ0v) is 6.13. The summed E-state index contributed by atoms with van der Waals surface area (Å²) in [6.45, 7) is 0. The maximum absolute atomic E-state index is 5.09. The number of hydrogen-bond acceptors (Lipinski definition) is 2. The van der Waals surface area contributed by atoms with E-state index in [0.29, 0.717) is 5.95 Å². The summed E-state index contributed by atoms with van der Waals surface area (Å²) in [6.07, 6.45) is 1.63. The zero-order valence-electron chi connectivity index (χ0n) is 6.13. The predicted molar refractivity (Wildman–Crippen MR) is 40.7 cm³/mol. The van der Waals surface area contributed by atoms with Gasteiger partial charge in [0.15, 0.2) is 0 Å². The molecule has 0 saturated carbocycles. The van der Waals surface area contributed by atoms with E-state index in [-0.39, 0.29) is 0 Å². The van der Waals surface area contributed by atoms with Crippen LogP contribution in [0, 0.1) is 6.07 Å². The van der Waals surface area contributed by atoms with Crippen molar-refractivity contribution in [3.63, 3.8) is 0 Å². The molecule has 1 aliphatic carbocycles. The summed E-state index contributed by atoms with van der Waals surface area (Å²) in [6, 6.07) is 8.69. The second-order valence-electron chi connectivity index (χ2n) is 2.25. The van der Waals surface area contributed by atoms with Crippen LogP contribution in [0.3, 0.4) is 0 Å². The Balaban J connectivity index is 2.59. The van der Waals surface area contributed by atoms with Crippen LogP contribution in [0.4, 0.5) is 0 Å². The Morgan fingerprint density at radius 1 is 1.55 bits per heavy atom. The lowest BCUT2D eigenvalue weighted by atomic mass is 10.2. The van der Waals surface area contributed by atoms with E-state index in [1.165, 1.54) is 0 Å². The molecular formula is C9H7O2. The summed E-state index contributed by atoms with van der Waals surface area (Å²) >= 11 is 0. The molecule has 0 spiro atoms. The first-order valence-electron chi connectivity index (χ1n) is 3.33. The van der Waals surface area contributed by atoms with Crippen molar-refractivity contribution in [1.82, 2.24) is 0 Å². The Hall–Kier alpha value is -1.44. The standard InChI is InChI=1S/C9H7O2/c1-10-9-5-7-3-2-4-8(7)6-11-9/h2-3,5-6H,1H3. The van der Waals surface area contributed by atoms with E-state index < -0.39 is 0 Å². The lowest BCUT2D eigenvalue weighted by Gasteiger charge is -2.00. The van der Waals surface area contributed by atoms with E-state index in [1.807, 2.05) is 18.2 Å². The van der Waals surface area contributed by atoms with Crippen LogP contribution in [0.25, 0.3) is 11.1 Å². The normalized spacial score (nSPS) is 10.3. The third-order valence-corrected chi connectivity index (χ3v) is 1.58. The van der Waals surface area contributed by atoms with Gasteiger partial charge in [0.25, 0.3) is 5.95 Å². The van der Waals surface area contributed by atoms with Gasteiger partial charge in [0.1, 0.15) is 6.26 Å². The van der Waals surface area contributed by atoms with Gasteiger partial charge >= 0.3 is 0 Å².